The molecule has 28 heavy (non-hydrogen) atoms. The largest absolute Gasteiger partial charge is 0.394 e. The van der Waals surface area contributed by atoms with E-state index in [1.165, 1.54) is 22.1 Å². The van der Waals surface area contributed by atoms with Gasteiger partial charge in [-0.25, -0.2) is 14.4 Å². The number of nitrogens with zero attached hydrogens (tertiary/aromatic N) is 7. The Morgan fingerprint density at radius 3 is 2.89 bits per heavy atom. The second-order valence-electron chi connectivity index (χ2n) is 6.23. The lowest BCUT2D eigenvalue weighted by atomic mass is 10.1. The number of imidazole rings is 1. The maximum Gasteiger partial charge on any atom is 0.280 e. The van der Waals surface area contributed by atoms with Crippen molar-refractivity contribution in [1.29, 1.82) is 0 Å². The van der Waals surface area contributed by atoms with Gasteiger partial charge >= 0.3 is 0 Å². The Balaban J connectivity index is 1.53. The molecular formula is C16H14FN7O4. The Bertz CT molecular complexity index is 1150. The summed E-state index contributed by atoms with van der Waals surface area (Å²) in [7, 11) is 0. The Morgan fingerprint density at radius 2 is 2.07 bits per heavy atom. The molecule has 11 nitrogen and oxygen atoms in total. The molecule has 1 saturated heterocycles. The van der Waals surface area contributed by atoms with Crippen LogP contribution >= 0.6 is 0 Å². The summed E-state index contributed by atoms with van der Waals surface area (Å²) in [4.78, 5) is 19.3. The highest BCUT2D eigenvalue weighted by molar-refractivity contribution is 5.77. The smallest absolute Gasteiger partial charge is 0.280 e. The molecule has 5 rings (SSSR count). The number of aromatic nitrogens is 7. The van der Waals surface area contributed by atoms with E-state index in [9.17, 15) is 14.6 Å². The number of alkyl halides is 1. The van der Waals surface area contributed by atoms with Gasteiger partial charge < -0.3 is 19.8 Å². The molecule has 4 aromatic rings. The van der Waals surface area contributed by atoms with Crippen LogP contribution in [0.15, 0.2) is 36.9 Å². The van der Waals surface area contributed by atoms with E-state index in [0.717, 1.165) is 0 Å². The van der Waals surface area contributed by atoms with Gasteiger partial charge in [-0.3, -0.25) is 4.57 Å². The van der Waals surface area contributed by atoms with Crippen LogP contribution < -0.4 is 4.84 Å². The topological polar surface area (TPSA) is 133 Å². The van der Waals surface area contributed by atoms with Gasteiger partial charge in [-0.1, -0.05) is 17.0 Å². The number of aliphatic hydroxyl groups is 2. The molecule has 144 valence electrons. The van der Waals surface area contributed by atoms with Crippen molar-refractivity contribution in [2.24, 2.45) is 0 Å². The number of benzene rings is 1. The van der Waals surface area contributed by atoms with E-state index in [1.54, 1.807) is 12.1 Å². The molecule has 3 aromatic heterocycles. The van der Waals surface area contributed by atoms with E-state index in [0.29, 0.717) is 11.0 Å². The number of fused-ring (bicyclic) bond motifs is 2. The van der Waals surface area contributed by atoms with E-state index < -0.39 is 31.2 Å². The summed E-state index contributed by atoms with van der Waals surface area (Å²) in [5.74, 6) is 0.0899. The van der Waals surface area contributed by atoms with Crippen molar-refractivity contribution < 1.29 is 24.2 Å². The van der Waals surface area contributed by atoms with Crippen LogP contribution in [0, 0.1) is 0 Å². The van der Waals surface area contributed by atoms with Crippen molar-refractivity contribution in [2.75, 3.05) is 6.61 Å². The first-order valence-electron chi connectivity index (χ1n) is 8.42. The minimum absolute atomic E-state index is 0.0899. The maximum atomic E-state index is 14.5. The predicted molar refractivity (Wildman–Crippen MR) is 90.8 cm³/mol. The molecule has 1 fully saturated rings. The van der Waals surface area contributed by atoms with Crippen LogP contribution in [-0.2, 0) is 4.74 Å². The third kappa shape index (κ3) is 2.50. The standard InChI is InChI=1S/C16H14FN7O4/c17-11-13(26)10(5-25)27-16(11)23-7-20-12-14(23)18-6-19-15(12)28-24-9-4-2-1-3-8(9)21-22-24/h1-4,6-7,10-11,13,16,25-26H,5H2/t10?,11-,13-,16?/m1/s1. The molecule has 0 radical (unpaired) electrons. The zero-order valence-electron chi connectivity index (χ0n) is 14.2. The zero-order chi connectivity index (χ0) is 19.3. The summed E-state index contributed by atoms with van der Waals surface area (Å²) in [6, 6.07) is 7.21. The van der Waals surface area contributed by atoms with E-state index in [-0.39, 0.29) is 17.0 Å². The molecule has 4 heterocycles. The van der Waals surface area contributed by atoms with Gasteiger partial charge in [0.2, 0.25) is 0 Å². The molecule has 2 N–H and O–H groups in total. The SMILES string of the molecule is OCC1OC(n2cnc3c(On4nnc5ccccc54)ncnc32)[C@H](F)[C@@H]1O. The first-order valence-corrected chi connectivity index (χ1v) is 8.42. The molecule has 0 spiro atoms. The van der Waals surface area contributed by atoms with Gasteiger partial charge in [-0.2, -0.15) is 4.98 Å². The van der Waals surface area contributed by atoms with Crippen LogP contribution in [-0.4, -0.2) is 69.9 Å². The van der Waals surface area contributed by atoms with Crippen molar-refractivity contribution in [3.05, 3.63) is 36.9 Å². The van der Waals surface area contributed by atoms with Crippen molar-refractivity contribution >= 4 is 22.2 Å². The van der Waals surface area contributed by atoms with Gasteiger partial charge in [0, 0.05) is 0 Å². The summed E-state index contributed by atoms with van der Waals surface area (Å²) in [5.41, 5.74) is 1.76. The first-order chi connectivity index (χ1) is 13.7. The molecule has 1 aliphatic heterocycles. The number of hydrogen-bond donors (Lipinski definition) is 2. The molecule has 1 aromatic carbocycles. The third-order valence-electron chi connectivity index (χ3n) is 4.57. The van der Waals surface area contributed by atoms with Gasteiger partial charge in [0.05, 0.1) is 12.9 Å². The number of halogens is 1. The predicted octanol–water partition coefficient (Wildman–Crippen LogP) is 0.00180. The Hall–Kier alpha value is -3.22. The monoisotopic (exact) mass is 387 g/mol. The molecule has 2 unspecified atom stereocenters. The number of ether oxygens (including phenoxy) is 1. The minimum atomic E-state index is -1.76. The molecular weight excluding hydrogens is 373 g/mol. The lowest BCUT2D eigenvalue weighted by molar-refractivity contribution is -0.0459. The second-order valence-corrected chi connectivity index (χ2v) is 6.23. The molecule has 0 aliphatic carbocycles. The molecule has 0 bridgehead atoms. The van der Waals surface area contributed by atoms with E-state index in [2.05, 4.69) is 25.3 Å². The highest BCUT2D eigenvalue weighted by Gasteiger charge is 2.45. The molecule has 12 heteroatoms. The number of para-hydroxylation sites is 1. The number of aliphatic hydroxyl groups excluding tert-OH is 2. The average Bonchev–Trinajstić information content (AvgIpc) is 3.40. The number of hydrogen-bond acceptors (Lipinski definition) is 9. The van der Waals surface area contributed by atoms with Gasteiger partial charge in [0.1, 0.15) is 29.6 Å². The maximum absolute atomic E-state index is 14.5. The van der Waals surface area contributed by atoms with Crippen LogP contribution in [0.25, 0.3) is 22.2 Å². The Kier molecular flexibility index (Phi) is 3.89. The Labute approximate surface area is 155 Å². The van der Waals surface area contributed by atoms with Crippen LogP contribution in [0.3, 0.4) is 0 Å². The highest BCUT2D eigenvalue weighted by Crippen LogP contribution is 2.34. The van der Waals surface area contributed by atoms with Crippen molar-refractivity contribution in [3.8, 4) is 5.88 Å². The van der Waals surface area contributed by atoms with E-state index in [4.69, 9.17) is 9.57 Å². The second kappa shape index (κ2) is 6.44. The average molecular weight is 387 g/mol. The van der Waals surface area contributed by atoms with Crippen LogP contribution in [0.1, 0.15) is 6.23 Å². The molecule has 0 saturated carbocycles. The molecule has 0 amide bonds. The summed E-state index contributed by atoms with van der Waals surface area (Å²) >= 11 is 0. The van der Waals surface area contributed by atoms with Crippen LogP contribution in [0.2, 0.25) is 0 Å². The van der Waals surface area contributed by atoms with Crippen molar-refractivity contribution in [2.45, 2.75) is 24.6 Å². The fourth-order valence-corrected chi connectivity index (χ4v) is 3.16. The number of rotatable bonds is 4. The fourth-order valence-electron chi connectivity index (χ4n) is 3.16. The Morgan fingerprint density at radius 1 is 1.21 bits per heavy atom. The normalized spacial score (nSPS) is 25.0. The van der Waals surface area contributed by atoms with Crippen LogP contribution in [0.5, 0.6) is 5.88 Å². The van der Waals surface area contributed by atoms with E-state index >= 15 is 0 Å². The summed E-state index contributed by atoms with van der Waals surface area (Å²) in [6.07, 6.45) is -2.88. The van der Waals surface area contributed by atoms with Crippen LogP contribution in [0.4, 0.5) is 4.39 Å². The quantitative estimate of drug-likeness (QED) is 0.496. The highest BCUT2D eigenvalue weighted by atomic mass is 19.1. The summed E-state index contributed by atoms with van der Waals surface area (Å²) in [6.45, 7) is -0.507. The van der Waals surface area contributed by atoms with E-state index in [1.807, 2.05) is 12.1 Å². The lowest BCUT2D eigenvalue weighted by Crippen LogP contribution is -2.30. The molecule has 4 atom stereocenters. The van der Waals surface area contributed by atoms with Gasteiger partial charge in [-0.05, 0) is 17.3 Å². The zero-order valence-corrected chi connectivity index (χ0v) is 14.2. The summed E-state index contributed by atoms with van der Waals surface area (Å²) in [5, 5.41) is 27.0. The van der Waals surface area contributed by atoms with Crippen molar-refractivity contribution in [1.82, 2.24) is 34.7 Å². The third-order valence-corrected chi connectivity index (χ3v) is 4.57. The van der Waals surface area contributed by atoms with Crippen molar-refractivity contribution in [3.63, 3.8) is 0 Å². The molecule has 1 aliphatic rings. The fraction of sp³-hybridized carbons (Fsp3) is 0.312. The summed E-state index contributed by atoms with van der Waals surface area (Å²) < 4.78 is 21.2. The van der Waals surface area contributed by atoms with Gasteiger partial charge in [0.25, 0.3) is 5.88 Å². The van der Waals surface area contributed by atoms with Gasteiger partial charge in [0.15, 0.2) is 23.6 Å². The lowest BCUT2D eigenvalue weighted by Gasteiger charge is -2.14. The minimum Gasteiger partial charge on any atom is -0.394 e. The van der Waals surface area contributed by atoms with Gasteiger partial charge in [-0.15, -0.1) is 5.10 Å². The first kappa shape index (κ1) is 16.9.